The lowest BCUT2D eigenvalue weighted by Crippen LogP contribution is -2.08. The predicted octanol–water partition coefficient (Wildman–Crippen LogP) is 2.97. The van der Waals surface area contributed by atoms with Crippen LogP contribution in [0.5, 0.6) is 5.75 Å². The summed E-state index contributed by atoms with van der Waals surface area (Å²) in [5.74, 6) is -0.00503. The van der Waals surface area contributed by atoms with Crippen LogP contribution >= 0.6 is 15.9 Å². The molecule has 1 aromatic rings. The van der Waals surface area contributed by atoms with Gasteiger partial charge in [-0.2, -0.15) is 0 Å². The van der Waals surface area contributed by atoms with Crippen molar-refractivity contribution in [2.45, 2.75) is 19.8 Å². The van der Waals surface area contributed by atoms with Crippen LogP contribution in [0.25, 0.3) is 0 Å². The second kappa shape index (κ2) is 5.66. The van der Waals surface area contributed by atoms with Gasteiger partial charge in [0.2, 0.25) is 0 Å². The van der Waals surface area contributed by atoms with Crippen molar-refractivity contribution in [3.8, 4) is 5.75 Å². The van der Waals surface area contributed by atoms with E-state index in [1.165, 1.54) is 0 Å². The third-order valence-electron chi connectivity index (χ3n) is 1.78. The zero-order valence-electron chi connectivity index (χ0n) is 8.33. The molecule has 0 aliphatic heterocycles. The van der Waals surface area contributed by atoms with E-state index in [1.54, 1.807) is 18.2 Å². The van der Waals surface area contributed by atoms with Gasteiger partial charge >= 0.3 is 5.97 Å². The summed E-state index contributed by atoms with van der Waals surface area (Å²) in [7, 11) is 0. The molecule has 0 saturated carbocycles. The molecule has 1 rings (SSSR count). The van der Waals surface area contributed by atoms with E-state index in [9.17, 15) is 9.59 Å². The molecule has 0 atom stereocenters. The van der Waals surface area contributed by atoms with E-state index in [0.29, 0.717) is 24.0 Å². The Morgan fingerprint density at radius 3 is 2.87 bits per heavy atom. The molecule has 15 heavy (non-hydrogen) atoms. The number of carbonyl (C=O) groups is 2. The Bertz CT molecular complexity index is 374. The van der Waals surface area contributed by atoms with Gasteiger partial charge in [-0.05, 0) is 24.6 Å². The molecule has 0 spiro atoms. The number of esters is 1. The zero-order chi connectivity index (χ0) is 11.3. The Labute approximate surface area is 96.6 Å². The minimum absolute atomic E-state index is 0.312. The first-order valence-electron chi connectivity index (χ1n) is 4.62. The lowest BCUT2D eigenvalue weighted by Gasteiger charge is -2.05. The molecule has 0 amide bonds. The largest absolute Gasteiger partial charge is 0.426 e. The minimum Gasteiger partial charge on any atom is -0.426 e. The summed E-state index contributed by atoms with van der Waals surface area (Å²) < 4.78 is 5.82. The van der Waals surface area contributed by atoms with Crippen LogP contribution in [0.4, 0.5) is 0 Å². The molecule has 0 radical (unpaired) electrons. The monoisotopic (exact) mass is 270 g/mol. The van der Waals surface area contributed by atoms with Crippen LogP contribution in [0.15, 0.2) is 22.7 Å². The average Bonchev–Trinajstić information content (AvgIpc) is 2.21. The van der Waals surface area contributed by atoms with Crippen molar-refractivity contribution >= 4 is 28.2 Å². The van der Waals surface area contributed by atoms with E-state index in [4.69, 9.17) is 4.74 Å². The highest BCUT2D eigenvalue weighted by Crippen LogP contribution is 2.22. The van der Waals surface area contributed by atoms with Crippen LogP contribution in [0.1, 0.15) is 30.1 Å². The molecule has 0 aliphatic carbocycles. The summed E-state index contributed by atoms with van der Waals surface area (Å²) in [4.78, 5) is 21.9. The summed E-state index contributed by atoms with van der Waals surface area (Å²) in [5.41, 5.74) is 0.369. The van der Waals surface area contributed by atoms with Crippen LogP contribution < -0.4 is 4.74 Å². The molecule has 0 aromatic heterocycles. The summed E-state index contributed by atoms with van der Waals surface area (Å²) >= 11 is 3.23. The molecular weight excluding hydrogens is 260 g/mol. The van der Waals surface area contributed by atoms with Crippen molar-refractivity contribution in [3.63, 3.8) is 0 Å². The van der Waals surface area contributed by atoms with Gasteiger partial charge in [-0.15, -0.1) is 0 Å². The number of ether oxygens (including phenoxy) is 1. The summed E-state index contributed by atoms with van der Waals surface area (Å²) in [6, 6.07) is 4.94. The molecule has 0 aliphatic rings. The fourth-order valence-electron chi connectivity index (χ4n) is 1.08. The van der Waals surface area contributed by atoms with Gasteiger partial charge in [-0.1, -0.05) is 22.9 Å². The van der Waals surface area contributed by atoms with Gasteiger partial charge in [0.05, 0.1) is 5.56 Å². The number of carbonyl (C=O) groups excluding carboxylic acids is 2. The molecule has 0 fully saturated rings. The van der Waals surface area contributed by atoms with Crippen LogP contribution in [0, 0.1) is 0 Å². The maximum atomic E-state index is 11.2. The first-order chi connectivity index (χ1) is 7.17. The summed E-state index contributed by atoms with van der Waals surface area (Å²) in [6.45, 7) is 1.89. The second-order valence-electron chi connectivity index (χ2n) is 3.02. The van der Waals surface area contributed by atoms with Crippen LogP contribution in [-0.4, -0.2) is 12.3 Å². The van der Waals surface area contributed by atoms with E-state index < -0.39 is 0 Å². The molecule has 0 bridgehead atoms. The van der Waals surface area contributed by atoms with E-state index >= 15 is 0 Å². The summed E-state index contributed by atoms with van der Waals surface area (Å²) in [5, 5.41) is 0. The lowest BCUT2D eigenvalue weighted by atomic mass is 10.2. The van der Waals surface area contributed by atoms with Crippen LogP contribution in [0.2, 0.25) is 0 Å². The zero-order valence-corrected chi connectivity index (χ0v) is 9.91. The molecule has 0 saturated heterocycles. The average molecular weight is 271 g/mol. The standard InChI is InChI=1S/C11H11BrO3/c1-2-3-11(14)15-10-5-4-9(12)6-8(10)7-13/h4-7H,2-3H2,1H3. The number of hydrogen-bond donors (Lipinski definition) is 0. The van der Waals surface area contributed by atoms with Gasteiger partial charge in [0, 0.05) is 10.9 Å². The molecule has 4 heteroatoms. The van der Waals surface area contributed by atoms with Crippen LogP contribution in [-0.2, 0) is 4.79 Å². The molecule has 80 valence electrons. The predicted molar refractivity (Wildman–Crippen MR) is 60.1 cm³/mol. The number of benzene rings is 1. The van der Waals surface area contributed by atoms with Crippen molar-refractivity contribution in [1.82, 2.24) is 0 Å². The number of halogens is 1. The summed E-state index contributed by atoms with van der Waals surface area (Å²) in [6.07, 6.45) is 1.75. The van der Waals surface area contributed by atoms with Crippen molar-refractivity contribution in [2.75, 3.05) is 0 Å². The Balaban J connectivity index is 2.84. The molecule has 0 N–H and O–H groups in total. The quantitative estimate of drug-likeness (QED) is 0.480. The highest BCUT2D eigenvalue weighted by molar-refractivity contribution is 9.10. The van der Waals surface area contributed by atoms with Gasteiger partial charge in [-0.3, -0.25) is 9.59 Å². The van der Waals surface area contributed by atoms with Gasteiger partial charge in [0.15, 0.2) is 6.29 Å². The van der Waals surface area contributed by atoms with Crippen molar-refractivity contribution < 1.29 is 14.3 Å². The second-order valence-corrected chi connectivity index (χ2v) is 3.94. The molecule has 1 aromatic carbocycles. The smallest absolute Gasteiger partial charge is 0.311 e. The van der Waals surface area contributed by atoms with Gasteiger partial charge in [0.1, 0.15) is 5.75 Å². The highest BCUT2D eigenvalue weighted by atomic mass is 79.9. The van der Waals surface area contributed by atoms with Crippen molar-refractivity contribution in [1.29, 1.82) is 0 Å². The van der Waals surface area contributed by atoms with E-state index in [1.807, 2.05) is 6.92 Å². The van der Waals surface area contributed by atoms with Crippen LogP contribution in [0.3, 0.4) is 0 Å². The number of aldehydes is 1. The van der Waals surface area contributed by atoms with E-state index in [0.717, 1.165) is 10.9 Å². The highest BCUT2D eigenvalue weighted by Gasteiger charge is 2.08. The Hall–Kier alpha value is -1.16. The Kier molecular flexibility index (Phi) is 4.49. The molecule has 0 unspecified atom stereocenters. The van der Waals surface area contributed by atoms with Crippen molar-refractivity contribution in [3.05, 3.63) is 28.2 Å². The number of hydrogen-bond acceptors (Lipinski definition) is 3. The third kappa shape index (κ3) is 3.47. The minimum atomic E-state index is -0.317. The van der Waals surface area contributed by atoms with E-state index in [-0.39, 0.29) is 5.97 Å². The maximum absolute atomic E-state index is 11.2. The van der Waals surface area contributed by atoms with E-state index in [2.05, 4.69) is 15.9 Å². The third-order valence-corrected chi connectivity index (χ3v) is 2.27. The van der Waals surface area contributed by atoms with Gasteiger partial charge in [-0.25, -0.2) is 0 Å². The topological polar surface area (TPSA) is 43.4 Å². The number of rotatable bonds is 4. The SMILES string of the molecule is CCCC(=O)Oc1ccc(Br)cc1C=O. The van der Waals surface area contributed by atoms with Crippen molar-refractivity contribution in [2.24, 2.45) is 0 Å². The molecular formula is C11H11BrO3. The molecule has 0 heterocycles. The van der Waals surface area contributed by atoms with Gasteiger partial charge in [0.25, 0.3) is 0 Å². The first kappa shape index (κ1) is 11.9. The maximum Gasteiger partial charge on any atom is 0.311 e. The lowest BCUT2D eigenvalue weighted by molar-refractivity contribution is -0.134. The van der Waals surface area contributed by atoms with Gasteiger partial charge < -0.3 is 4.74 Å². The molecule has 3 nitrogen and oxygen atoms in total. The Morgan fingerprint density at radius 2 is 2.27 bits per heavy atom. The normalized spacial score (nSPS) is 9.73. The fraction of sp³-hybridized carbons (Fsp3) is 0.273. The Morgan fingerprint density at radius 1 is 1.53 bits per heavy atom. The first-order valence-corrected chi connectivity index (χ1v) is 5.42. The fourth-order valence-corrected chi connectivity index (χ4v) is 1.46.